The molecule has 0 bridgehead atoms. The quantitative estimate of drug-likeness (QED) is 0.201. The van der Waals surface area contributed by atoms with Gasteiger partial charge in [-0.05, 0) is 16.7 Å². The second-order valence-corrected chi connectivity index (χ2v) is 6.61. The van der Waals surface area contributed by atoms with Crippen molar-refractivity contribution in [3.05, 3.63) is 120 Å². The molecule has 0 unspecified atom stereocenters. The Balaban J connectivity index is 1.81. The second kappa shape index (κ2) is 11.1. The van der Waals surface area contributed by atoms with Gasteiger partial charge in [0.05, 0.1) is 19.8 Å². The van der Waals surface area contributed by atoms with Crippen molar-refractivity contribution >= 4 is 5.97 Å². The van der Waals surface area contributed by atoms with E-state index in [9.17, 15) is 4.79 Å². The smallest absolute Gasteiger partial charge is 0.330 e. The van der Waals surface area contributed by atoms with Gasteiger partial charge in [0.1, 0.15) is 12.2 Å². The lowest BCUT2D eigenvalue weighted by atomic mass is 9.80. The molecule has 0 saturated carbocycles. The van der Waals surface area contributed by atoms with Crippen LogP contribution in [0.4, 0.5) is 0 Å². The first-order chi connectivity index (χ1) is 14.8. The third-order valence-corrected chi connectivity index (χ3v) is 4.73. The molecule has 0 heterocycles. The number of hydrogen-bond donors (Lipinski definition) is 0. The van der Waals surface area contributed by atoms with Crippen LogP contribution < -0.4 is 0 Å². The van der Waals surface area contributed by atoms with Crippen LogP contribution in [0.15, 0.2) is 104 Å². The van der Waals surface area contributed by atoms with Crippen molar-refractivity contribution in [3.63, 3.8) is 0 Å². The molecule has 3 rings (SSSR count). The Hall–Kier alpha value is -3.21. The summed E-state index contributed by atoms with van der Waals surface area (Å²) in [5.74, 6) is -0.453. The molecule has 0 spiro atoms. The summed E-state index contributed by atoms with van der Waals surface area (Å²) < 4.78 is 17.1. The van der Waals surface area contributed by atoms with Gasteiger partial charge in [-0.25, -0.2) is 4.79 Å². The summed E-state index contributed by atoms with van der Waals surface area (Å²) in [4.78, 5) is 11.1. The number of rotatable bonds is 11. The van der Waals surface area contributed by atoms with Crippen LogP contribution in [0.3, 0.4) is 0 Å². The average Bonchev–Trinajstić information content (AvgIpc) is 2.82. The lowest BCUT2D eigenvalue weighted by Gasteiger charge is -2.36. The Bertz CT molecular complexity index is 811. The monoisotopic (exact) mass is 402 g/mol. The fourth-order valence-corrected chi connectivity index (χ4v) is 3.38. The predicted octanol–water partition coefficient (Wildman–Crippen LogP) is 4.74. The molecule has 3 aromatic carbocycles. The summed E-state index contributed by atoms with van der Waals surface area (Å²) in [5, 5.41) is 0. The maximum absolute atomic E-state index is 11.1. The summed E-state index contributed by atoms with van der Waals surface area (Å²) >= 11 is 0. The Morgan fingerprint density at radius 3 is 1.57 bits per heavy atom. The number of carbonyl (C=O) groups excluding carboxylic acids is 1. The van der Waals surface area contributed by atoms with Crippen molar-refractivity contribution in [1.29, 1.82) is 0 Å². The van der Waals surface area contributed by atoms with Gasteiger partial charge in [0.15, 0.2) is 0 Å². The summed E-state index contributed by atoms with van der Waals surface area (Å²) in [6, 6.07) is 30.6. The van der Waals surface area contributed by atoms with Gasteiger partial charge in [0.2, 0.25) is 0 Å². The summed E-state index contributed by atoms with van der Waals surface area (Å²) in [6.45, 7) is 4.60. The lowest BCUT2D eigenvalue weighted by Crippen LogP contribution is -2.34. The van der Waals surface area contributed by atoms with E-state index < -0.39 is 11.6 Å². The molecule has 0 aromatic heterocycles. The minimum Gasteiger partial charge on any atom is -0.460 e. The molecule has 30 heavy (non-hydrogen) atoms. The van der Waals surface area contributed by atoms with Crippen LogP contribution in [0.25, 0.3) is 0 Å². The first-order valence-corrected chi connectivity index (χ1v) is 9.95. The van der Waals surface area contributed by atoms with Gasteiger partial charge >= 0.3 is 5.97 Å². The molecule has 0 atom stereocenters. The van der Waals surface area contributed by atoms with Gasteiger partial charge in [-0.2, -0.15) is 0 Å². The molecule has 0 N–H and O–H groups in total. The predicted molar refractivity (Wildman–Crippen MR) is 117 cm³/mol. The first kappa shape index (κ1) is 21.5. The lowest BCUT2D eigenvalue weighted by molar-refractivity contribution is -0.139. The maximum atomic E-state index is 11.1. The van der Waals surface area contributed by atoms with E-state index in [1.54, 1.807) is 0 Å². The second-order valence-electron chi connectivity index (χ2n) is 6.61. The van der Waals surface area contributed by atoms with E-state index in [4.69, 9.17) is 14.2 Å². The number of ether oxygens (including phenoxy) is 3. The average molecular weight is 402 g/mol. The van der Waals surface area contributed by atoms with Crippen LogP contribution in [0.2, 0.25) is 0 Å². The zero-order valence-electron chi connectivity index (χ0n) is 16.9. The molecule has 4 nitrogen and oxygen atoms in total. The van der Waals surface area contributed by atoms with Crippen LogP contribution in [-0.2, 0) is 24.6 Å². The molecule has 0 fully saturated rings. The fourth-order valence-electron chi connectivity index (χ4n) is 3.38. The summed E-state index contributed by atoms with van der Waals surface area (Å²) in [5.41, 5.74) is 2.37. The third-order valence-electron chi connectivity index (χ3n) is 4.73. The van der Waals surface area contributed by atoms with Crippen LogP contribution >= 0.6 is 0 Å². The van der Waals surface area contributed by atoms with E-state index >= 15 is 0 Å². The maximum Gasteiger partial charge on any atom is 0.330 e. The molecule has 0 amide bonds. The Morgan fingerprint density at radius 2 is 1.13 bits per heavy atom. The Kier molecular flexibility index (Phi) is 7.95. The standard InChI is InChI=1S/C26H26O4/c1-2-25(27)29-20-18-28-19-21-30-26(22-12-6-3-7-13-22,23-14-8-4-9-15-23)24-16-10-5-11-17-24/h2-17H,1,18-21H2. The molecule has 0 aliphatic carbocycles. The highest BCUT2D eigenvalue weighted by Crippen LogP contribution is 2.40. The summed E-state index contributed by atoms with van der Waals surface area (Å²) in [6.07, 6.45) is 1.14. The zero-order chi connectivity index (χ0) is 21.1. The molecule has 154 valence electrons. The molecule has 0 radical (unpaired) electrons. The fraction of sp³-hybridized carbons (Fsp3) is 0.192. The number of hydrogen-bond acceptors (Lipinski definition) is 4. The molecule has 0 aliphatic heterocycles. The van der Waals surface area contributed by atoms with Gasteiger partial charge in [-0.15, -0.1) is 0 Å². The molecular formula is C26H26O4. The third kappa shape index (κ3) is 5.23. The van der Waals surface area contributed by atoms with Gasteiger partial charge < -0.3 is 14.2 Å². The minimum atomic E-state index is -0.761. The van der Waals surface area contributed by atoms with Crippen molar-refractivity contribution in [2.24, 2.45) is 0 Å². The molecule has 0 saturated heterocycles. The first-order valence-electron chi connectivity index (χ1n) is 9.95. The Labute approximate surface area is 177 Å². The van der Waals surface area contributed by atoms with Gasteiger partial charge in [-0.3, -0.25) is 0 Å². The van der Waals surface area contributed by atoms with E-state index in [0.29, 0.717) is 19.8 Å². The van der Waals surface area contributed by atoms with Crippen LogP contribution in [0, 0.1) is 0 Å². The molecular weight excluding hydrogens is 376 g/mol. The van der Waals surface area contributed by atoms with Crippen molar-refractivity contribution in [2.45, 2.75) is 5.60 Å². The highest BCUT2D eigenvalue weighted by molar-refractivity contribution is 5.81. The van der Waals surface area contributed by atoms with Gasteiger partial charge in [0, 0.05) is 6.08 Å². The molecule has 3 aromatic rings. The van der Waals surface area contributed by atoms with Gasteiger partial charge in [-0.1, -0.05) is 97.6 Å². The minimum absolute atomic E-state index is 0.187. The van der Waals surface area contributed by atoms with Crippen LogP contribution in [0.5, 0.6) is 0 Å². The number of benzene rings is 3. The van der Waals surface area contributed by atoms with Crippen LogP contribution in [0.1, 0.15) is 16.7 Å². The van der Waals surface area contributed by atoms with E-state index in [1.807, 2.05) is 54.6 Å². The van der Waals surface area contributed by atoms with E-state index in [1.165, 1.54) is 0 Å². The summed E-state index contributed by atoms with van der Waals surface area (Å²) in [7, 11) is 0. The van der Waals surface area contributed by atoms with Gasteiger partial charge in [0.25, 0.3) is 0 Å². The van der Waals surface area contributed by atoms with E-state index in [0.717, 1.165) is 22.8 Å². The van der Waals surface area contributed by atoms with E-state index in [-0.39, 0.29) is 6.61 Å². The molecule has 0 aliphatic rings. The topological polar surface area (TPSA) is 44.8 Å². The number of carbonyl (C=O) groups is 1. The van der Waals surface area contributed by atoms with Crippen LogP contribution in [-0.4, -0.2) is 32.4 Å². The highest BCUT2D eigenvalue weighted by Gasteiger charge is 2.37. The van der Waals surface area contributed by atoms with Crippen molar-refractivity contribution in [1.82, 2.24) is 0 Å². The normalized spacial score (nSPS) is 11.1. The SMILES string of the molecule is C=CC(=O)OCCOCCOC(c1ccccc1)(c1ccccc1)c1ccccc1. The largest absolute Gasteiger partial charge is 0.460 e. The highest BCUT2D eigenvalue weighted by atomic mass is 16.6. The van der Waals surface area contributed by atoms with E-state index in [2.05, 4.69) is 43.0 Å². The Morgan fingerprint density at radius 1 is 0.700 bits per heavy atom. The molecule has 4 heteroatoms. The number of esters is 1. The van der Waals surface area contributed by atoms with Crippen molar-refractivity contribution in [3.8, 4) is 0 Å². The zero-order valence-corrected chi connectivity index (χ0v) is 16.9. The van der Waals surface area contributed by atoms with Crippen molar-refractivity contribution < 1.29 is 19.0 Å². The van der Waals surface area contributed by atoms with Crippen molar-refractivity contribution in [2.75, 3.05) is 26.4 Å².